The van der Waals surface area contributed by atoms with Crippen LogP contribution in [0.15, 0.2) is 45.7 Å². The Kier molecular flexibility index (Phi) is 6.65. The molecule has 0 N–H and O–H groups in total. The Hall–Kier alpha value is -2.22. The molecule has 0 fully saturated rings. The van der Waals surface area contributed by atoms with E-state index in [9.17, 15) is 18.5 Å². The lowest BCUT2D eigenvalue weighted by Crippen LogP contribution is -2.21. The van der Waals surface area contributed by atoms with Gasteiger partial charge in [-0.25, -0.2) is 0 Å². The number of sulfonamides is 1. The van der Waals surface area contributed by atoms with Gasteiger partial charge in [0.1, 0.15) is 0 Å². The van der Waals surface area contributed by atoms with E-state index in [0.29, 0.717) is 6.42 Å². The van der Waals surface area contributed by atoms with Gasteiger partial charge in [0.25, 0.3) is 15.7 Å². The summed E-state index contributed by atoms with van der Waals surface area (Å²) in [5.74, 6) is -0.149. The summed E-state index contributed by atoms with van der Waals surface area (Å²) in [5.41, 5.74) is 0.697. The van der Waals surface area contributed by atoms with Crippen molar-refractivity contribution in [2.75, 3.05) is 0 Å². The van der Waals surface area contributed by atoms with Gasteiger partial charge in [0, 0.05) is 18.1 Å². The van der Waals surface area contributed by atoms with E-state index in [4.69, 9.17) is 4.74 Å². The number of hydrogen-bond donors (Lipinski definition) is 0. The topological polar surface area (TPSA) is 98.9 Å². The third-order valence-electron chi connectivity index (χ3n) is 2.99. The standard InChI is InChI=1S/C16H22N2O5S/c1-11(2)10-13(5)16(23-12(3)4)17-24(21,22)15-8-6-14(7-9-15)18(19)20/h6-9,12-13H,1,10H2,2-5H3/b17-16-. The van der Waals surface area contributed by atoms with Crippen molar-refractivity contribution < 1.29 is 18.1 Å². The van der Waals surface area contributed by atoms with Crippen molar-refractivity contribution in [1.82, 2.24) is 0 Å². The van der Waals surface area contributed by atoms with Gasteiger partial charge in [-0.1, -0.05) is 12.5 Å². The van der Waals surface area contributed by atoms with Crippen LogP contribution in [0.4, 0.5) is 5.69 Å². The second-order valence-corrected chi connectivity index (χ2v) is 7.49. The minimum atomic E-state index is -4.02. The second kappa shape index (κ2) is 8.05. The first kappa shape index (κ1) is 19.8. The summed E-state index contributed by atoms with van der Waals surface area (Å²) in [5, 5.41) is 10.7. The van der Waals surface area contributed by atoms with Crippen LogP contribution in [0.1, 0.15) is 34.1 Å². The van der Waals surface area contributed by atoms with Gasteiger partial charge in [0.2, 0.25) is 5.90 Å². The smallest absolute Gasteiger partial charge is 0.285 e. The average molecular weight is 354 g/mol. The zero-order chi connectivity index (χ0) is 18.5. The van der Waals surface area contributed by atoms with E-state index in [-0.39, 0.29) is 28.5 Å². The largest absolute Gasteiger partial charge is 0.477 e. The first-order valence-electron chi connectivity index (χ1n) is 7.43. The monoisotopic (exact) mass is 354 g/mol. The Morgan fingerprint density at radius 3 is 2.25 bits per heavy atom. The molecule has 132 valence electrons. The molecule has 1 rings (SSSR count). The molecule has 1 atom stereocenters. The number of nitro groups is 1. The van der Waals surface area contributed by atoms with E-state index in [1.54, 1.807) is 20.8 Å². The summed E-state index contributed by atoms with van der Waals surface area (Å²) in [6.45, 7) is 11.0. The van der Waals surface area contributed by atoms with Crippen molar-refractivity contribution in [2.24, 2.45) is 10.3 Å². The fourth-order valence-electron chi connectivity index (χ4n) is 1.99. The maximum atomic E-state index is 12.4. The van der Waals surface area contributed by atoms with Crippen molar-refractivity contribution in [2.45, 2.75) is 45.1 Å². The molecule has 0 aliphatic rings. The van der Waals surface area contributed by atoms with Crippen LogP contribution < -0.4 is 0 Å². The quantitative estimate of drug-likeness (QED) is 0.244. The van der Waals surface area contributed by atoms with Crippen LogP contribution in [0.5, 0.6) is 0 Å². The molecule has 1 unspecified atom stereocenters. The van der Waals surface area contributed by atoms with Crippen LogP contribution in [0.2, 0.25) is 0 Å². The molecule has 0 amide bonds. The van der Waals surface area contributed by atoms with Crippen molar-refractivity contribution >= 4 is 21.6 Å². The van der Waals surface area contributed by atoms with Gasteiger partial charge in [-0.3, -0.25) is 10.1 Å². The van der Waals surface area contributed by atoms with Crippen LogP contribution in [0.25, 0.3) is 0 Å². The lowest BCUT2D eigenvalue weighted by Gasteiger charge is -2.18. The molecule has 7 nitrogen and oxygen atoms in total. The Balaban J connectivity index is 3.21. The molecular formula is C16H22N2O5S. The number of rotatable bonds is 7. The van der Waals surface area contributed by atoms with Gasteiger partial charge >= 0.3 is 0 Å². The molecule has 0 aliphatic heterocycles. The highest BCUT2D eigenvalue weighted by Gasteiger charge is 2.21. The molecule has 0 aliphatic carbocycles. The van der Waals surface area contributed by atoms with Crippen LogP contribution in [-0.2, 0) is 14.8 Å². The summed E-state index contributed by atoms with van der Waals surface area (Å²) >= 11 is 0. The fraction of sp³-hybridized carbons (Fsp3) is 0.438. The molecule has 24 heavy (non-hydrogen) atoms. The predicted octanol–water partition coefficient (Wildman–Crippen LogP) is 3.71. The lowest BCUT2D eigenvalue weighted by atomic mass is 10.0. The van der Waals surface area contributed by atoms with Crippen molar-refractivity contribution in [3.05, 3.63) is 46.5 Å². The number of ether oxygens (including phenoxy) is 1. The number of nitro benzene ring substituents is 1. The Labute approximate surface area is 142 Å². The number of hydrogen-bond acceptors (Lipinski definition) is 5. The molecule has 8 heteroatoms. The lowest BCUT2D eigenvalue weighted by molar-refractivity contribution is -0.384. The zero-order valence-electron chi connectivity index (χ0n) is 14.2. The summed E-state index contributed by atoms with van der Waals surface area (Å²) in [6, 6.07) is 4.58. The second-order valence-electron chi connectivity index (χ2n) is 5.88. The van der Waals surface area contributed by atoms with Crippen molar-refractivity contribution in [1.29, 1.82) is 0 Å². The third-order valence-corrected chi connectivity index (χ3v) is 4.28. The molecule has 1 aromatic carbocycles. The molecule has 0 aromatic heterocycles. The highest BCUT2D eigenvalue weighted by atomic mass is 32.2. The maximum Gasteiger partial charge on any atom is 0.285 e. The molecule has 0 saturated carbocycles. The zero-order valence-corrected chi connectivity index (χ0v) is 15.0. The van der Waals surface area contributed by atoms with Crippen LogP contribution >= 0.6 is 0 Å². The van der Waals surface area contributed by atoms with E-state index in [0.717, 1.165) is 29.8 Å². The third kappa shape index (κ3) is 5.77. The van der Waals surface area contributed by atoms with Gasteiger partial charge in [-0.15, -0.1) is 11.0 Å². The van der Waals surface area contributed by atoms with E-state index in [2.05, 4.69) is 11.0 Å². The van der Waals surface area contributed by atoms with E-state index in [1.807, 2.05) is 6.92 Å². The predicted molar refractivity (Wildman–Crippen MR) is 92.5 cm³/mol. The van der Waals surface area contributed by atoms with Crippen LogP contribution in [0.3, 0.4) is 0 Å². The molecule has 0 radical (unpaired) electrons. The van der Waals surface area contributed by atoms with Crippen LogP contribution in [-0.4, -0.2) is 25.3 Å². The van der Waals surface area contributed by atoms with Gasteiger partial charge in [0.15, 0.2) is 0 Å². The minimum absolute atomic E-state index is 0.103. The highest BCUT2D eigenvalue weighted by molar-refractivity contribution is 7.90. The van der Waals surface area contributed by atoms with Gasteiger partial charge in [-0.05, 0) is 39.3 Å². The van der Waals surface area contributed by atoms with Crippen LogP contribution in [0, 0.1) is 16.0 Å². The molecule has 0 saturated heterocycles. The van der Waals surface area contributed by atoms with E-state index < -0.39 is 14.9 Å². The Morgan fingerprint density at radius 1 is 1.29 bits per heavy atom. The number of non-ortho nitro benzene ring substituents is 1. The Morgan fingerprint density at radius 2 is 1.83 bits per heavy atom. The highest BCUT2D eigenvalue weighted by Crippen LogP contribution is 2.20. The molecule has 0 spiro atoms. The summed E-state index contributed by atoms with van der Waals surface area (Å²) < 4.78 is 34.2. The van der Waals surface area contributed by atoms with Crippen molar-refractivity contribution in [3.63, 3.8) is 0 Å². The average Bonchev–Trinajstić information content (AvgIpc) is 2.45. The summed E-state index contributed by atoms with van der Waals surface area (Å²) in [4.78, 5) is 9.93. The molecule has 0 heterocycles. The maximum absolute atomic E-state index is 12.4. The number of allylic oxidation sites excluding steroid dienone is 1. The summed E-state index contributed by atoms with van der Waals surface area (Å²) in [6.07, 6.45) is 0.310. The molecule has 0 bridgehead atoms. The first-order chi connectivity index (χ1) is 11.0. The molecular weight excluding hydrogens is 332 g/mol. The number of benzene rings is 1. The summed E-state index contributed by atoms with van der Waals surface area (Å²) in [7, 11) is -4.02. The Bertz CT molecular complexity index is 736. The fourth-order valence-corrected chi connectivity index (χ4v) is 3.04. The normalized spacial score (nSPS) is 13.6. The number of nitrogens with zero attached hydrogens (tertiary/aromatic N) is 2. The molecule has 1 aromatic rings. The van der Waals surface area contributed by atoms with Gasteiger partial charge in [0.05, 0.1) is 15.9 Å². The van der Waals surface area contributed by atoms with Crippen molar-refractivity contribution in [3.8, 4) is 0 Å². The van der Waals surface area contributed by atoms with E-state index in [1.165, 1.54) is 0 Å². The SMILES string of the molecule is C=C(C)CC(C)/C(=N/S(=O)(=O)c1ccc([N+](=O)[O-])cc1)OC(C)C. The van der Waals surface area contributed by atoms with E-state index >= 15 is 0 Å². The van der Waals surface area contributed by atoms with Gasteiger partial charge in [-0.2, -0.15) is 8.42 Å². The first-order valence-corrected chi connectivity index (χ1v) is 8.87. The van der Waals surface area contributed by atoms with Gasteiger partial charge < -0.3 is 4.74 Å². The minimum Gasteiger partial charge on any atom is -0.477 e.